The lowest BCUT2D eigenvalue weighted by Crippen LogP contribution is -2.50. The molecule has 1 heterocycles. The number of rotatable bonds is 0. The average Bonchev–Trinajstić information content (AvgIpc) is 2.63. The maximum atomic E-state index is 5.13. The summed E-state index contributed by atoms with van der Waals surface area (Å²) in [5.74, 6) is 0.666. The van der Waals surface area contributed by atoms with E-state index in [9.17, 15) is 0 Å². The van der Waals surface area contributed by atoms with Crippen LogP contribution in [0, 0.1) is 12.8 Å². The largest absolute Gasteiger partial charge is 0.377 e. The van der Waals surface area contributed by atoms with Crippen LogP contribution in [-0.2, 0) is 0 Å². The standard InChI is InChI=1S/C19H26N2/c1-14-9-10-17-18(13-14)20-16-8-4-3-7-15(16)19(21-17)11-5-2-6-12-19/h9-10,13,15,21H,2-8,11-12H2,1H3. The summed E-state index contributed by atoms with van der Waals surface area (Å²) in [4.78, 5) is 5.13. The molecule has 1 aliphatic heterocycles. The minimum absolute atomic E-state index is 0.290. The minimum Gasteiger partial charge on any atom is -0.377 e. The molecule has 2 fully saturated rings. The molecule has 2 saturated carbocycles. The van der Waals surface area contributed by atoms with E-state index in [-0.39, 0.29) is 5.54 Å². The summed E-state index contributed by atoms with van der Waals surface area (Å²) in [6, 6.07) is 6.72. The van der Waals surface area contributed by atoms with Gasteiger partial charge in [0.2, 0.25) is 0 Å². The first-order valence-corrected chi connectivity index (χ1v) is 8.73. The summed E-state index contributed by atoms with van der Waals surface area (Å²) < 4.78 is 0. The Labute approximate surface area is 128 Å². The zero-order chi connectivity index (χ0) is 14.3. The first-order chi connectivity index (χ1) is 10.3. The molecule has 112 valence electrons. The minimum atomic E-state index is 0.290. The van der Waals surface area contributed by atoms with Gasteiger partial charge in [0.1, 0.15) is 0 Å². The monoisotopic (exact) mass is 282 g/mol. The fourth-order valence-electron chi connectivity index (χ4n) is 4.73. The van der Waals surface area contributed by atoms with E-state index in [0.29, 0.717) is 5.92 Å². The molecule has 0 aromatic heterocycles. The number of hydrogen-bond acceptors (Lipinski definition) is 2. The number of benzene rings is 1. The van der Waals surface area contributed by atoms with Crippen molar-refractivity contribution in [2.24, 2.45) is 10.9 Å². The third kappa shape index (κ3) is 2.29. The van der Waals surface area contributed by atoms with Crippen LogP contribution in [0.5, 0.6) is 0 Å². The summed E-state index contributed by atoms with van der Waals surface area (Å²) >= 11 is 0. The molecule has 1 spiro atoms. The highest BCUT2D eigenvalue weighted by Crippen LogP contribution is 2.47. The fourth-order valence-corrected chi connectivity index (χ4v) is 4.73. The van der Waals surface area contributed by atoms with Gasteiger partial charge in [0, 0.05) is 17.2 Å². The van der Waals surface area contributed by atoms with Gasteiger partial charge in [-0.2, -0.15) is 0 Å². The van der Waals surface area contributed by atoms with E-state index >= 15 is 0 Å². The van der Waals surface area contributed by atoms with E-state index in [2.05, 4.69) is 30.4 Å². The predicted molar refractivity (Wildman–Crippen MR) is 89.7 cm³/mol. The molecule has 1 N–H and O–H groups in total. The van der Waals surface area contributed by atoms with Gasteiger partial charge in [-0.25, -0.2) is 0 Å². The molecule has 2 nitrogen and oxygen atoms in total. The molecule has 1 atom stereocenters. The van der Waals surface area contributed by atoms with Crippen molar-refractivity contribution < 1.29 is 0 Å². The maximum Gasteiger partial charge on any atom is 0.0863 e. The van der Waals surface area contributed by atoms with Crippen molar-refractivity contribution in [3.8, 4) is 0 Å². The Morgan fingerprint density at radius 2 is 1.95 bits per heavy atom. The normalized spacial score (nSPS) is 27.1. The molecule has 1 aromatic rings. The highest BCUT2D eigenvalue weighted by atomic mass is 15.0. The average molecular weight is 282 g/mol. The molecule has 0 bridgehead atoms. The van der Waals surface area contributed by atoms with Crippen molar-refractivity contribution in [2.75, 3.05) is 5.32 Å². The molecular formula is C19H26N2. The van der Waals surface area contributed by atoms with Gasteiger partial charge in [-0.05, 0) is 56.7 Å². The first-order valence-electron chi connectivity index (χ1n) is 8.73. The summed E-state index contributed by atoms with van der Waals surface area (Å²) in [5, 5.41) is 3.99. The lowest BCUT2D eigenvalue weighted by molar-refractivity contribution is 0.246. The number of nitrogens with one attached hydrogen (secondary N) is 1. The summed E-state index contributed by atoms with van der Waals surface area (Å²) in [5.41, 5.74) is 5.54. The number of anilines is 1. The van der Waals surface area contributed by atoms with Crippen LogP contribution in [0.25, 0.3) is 0 Å². The van der Waals surface area contributed by atoms with Crippen molar-refractivity contribution >= 4 is 17.1 Å². The number of nitrogens with zero attached hydrogens (tertiary/aromatic N) is 1. The number of aryl methyl sites for hydroxylation is 1. The third-order valence-corrected chi connectivity index (χ3v) is 5.79. The van der Waals surface area contributed by atoms with E-state index in [0.717, 1.165) is 0 Å². The Bertz CT molecular complexity index is 567. The van der Waals surface area contributed by atoms with Gasteiger partial charge in [-0.3, -0.25) is 4.99 Å². The van der Waals surface area contributed by atoms with Gasteiger partial charge >= 0.3 is 0 Å². The second-order valence-corrected chi connectivity index (χ2v) is 7.26. The number of fused-ring (bicyclic) bond motifs is 3. The van der Waals surface area contributed by atoms with Crippen molar-refractivity contribution in [2.45, 2.75) is 70.3 Å². The van der Waals surface area contributed by atoms with Crippen molar-refractivity contribution in [1.82, 2.24) is 0 Å². The van der Waals surface area contributed by atoms with E-state index in [1.54, 1.807) is 0 Å². The van der Waals surface area contributed by atoms with Crippen LogP contribution in [0.3, 0.4) is 0 Å². The van der Waals surface area contributed by atoms with Crippen LogP contribution in [0.4, 0.5) is 11.4 Å². The zero-order valence-electron chi connectivity index (χ0n) is 13.1. The molecule has 0 amide bonds. The van der Waals surface area contributed by atoms with E-state index < -0.39 is 0 Å². The van der Waals surface area contributed by atoms with Gasteiger partial charge in [-0.15, -0.1) is 0 Å². The molecule has 1 unspecified atom stereocenters. The van der Waals surface area contributed by atoms with Crippen LogP contribution in [-0.4, -0.2) is 11.3 Å². The quantitative estimate of drug-likeness (QED) is 0.678. The van der Waals surface area contributed by atoms with Crippen molar-refractivity contribution in [3.63, 3.8) is 0 Å². The molecule has 4 rings (SSSR count). The van der Waals surface area contributed by atoms with Gasteiger partial charge < -0.3 is 5.32 Å². The van der Waals surface area contributed by atoms with Crippen molar-refractivity contribution in [3.05, 3.63) is 23.8 Å². The zero-order valence-corrected chi connectivity index (χ0v) is 13.1. The SMILES string of the molecule is Cc1ccc2c(c1)N=C1CCCCC1C1(CCCCC1)N2. The molecule has 0 saturated heterocycles. The Morgan fingerprint density at radius 1 is 1.10 bits per heavy atom. The van der Waals surface area contributed by atoms with Gasteiger partial charge in [-0.1, -0.05) is 31.7 Å². The third-order valence-electron chi connectivity index (χ3n) is 5.79. The van der Waals surface area contributed by atoms with Crippen LogP contribution >= 0.6 is 0 Å². The van der Waals surface area contributed by atoms with E-state index in [4.69, 9.17) is 4.99 Å². The Balaban J connectivity index is 1.82. The summed E-state index contributed by atoms with van der Waals surface area (Å²) in [6.07, 6.45) is 12.0. The van der Waals surface area contributed by atoms with E-state index in [1.165, 1.54) is 80.4 Å². The molecular weight excluding hydrogens is 256 g/mol. The number of hydrogen-bond donors (Lipinski definition) is 1. The second-order valence-electron chi connectivity index (χ2n) is 7.26. The Morgan fingerprint density at radius 3 is 2.81 bits per heavy atom. The molecule has 2 aliphatic carbocycles. The smallest absolute Gasteiger partial charge is 0.0863 e. The predicted octanol–water partition coefficient (Wildman–Crippen LogP) is 5.39. The molecule has 21 heavy (non-hydrogen) atoms. The van der Waals surface area contributed by atoms with Crippen LogP contribution < -0.4 is 5.32 Å². The molecule has 3 aliphatic rings. The van der Waals surface area contributed by atoms with Crippen LogP contribution in [0.1, 0.15) is 63.4 Å². The summed E-state index contributed by atoms with van der Waals surface area (Å²) in [6.45, 7) is 2.17. The second kappa shape index (κ2) is 5.15. The van der Waals surface area contributed by atoms with E-state index in [1.807, 2.05) is 0 Å². The molecule has 1 aromatic carbocycles. The van der Waals surface area contributed by atoms with Crippen molar-refractivity contribution in [1.29, 1.82) is 0 Å². The van der Waals surface area contributed by atoms with Crippen LogP contribution in [0.2, 0.25) is 0 Å². The molecule has 0 radical (unpaired) electrons. The Kier molecular flexibility index (Phi) is 3.28. The Hall–Kier alpha value is -1.31. The highest BCUT2D eigenvalue weighted by Gasteiger charge is 2.44. The number of aliphatic imine (C=N–C) groups is 1. The maximum absolute atomic E-state index is 5.13. The molecule has 2 heteroatoms. The van der Waals surface area contributed by atoms with Gasteiger partial charge in [0.25, 0.3) is 0 Å². The fraction of sp³-hybridized carbons (Fsp3) is 0.632. The van der Waals surface area contributed by atoms with Gasteiger partial charge in [0.05, 0.1) is 11.4 Å². The summed E-state index contributed by atoms with van der Waals surface area (Å²) in [7, 11) is 0. The lowest BCUT2D eigenvalue weighted by Gasteiger charge is -2.46. The van der Waals surface area contributed by atoms with Gasteiger partial charge in [0.15, 0.2) is 0 Å². The highest BCUT2D eigenvalue weighted by molar-refractivity contribution is 5.94. The first kappa shape index (κ1) is 13.4. The lowest BCUT2D eigenvalue weighted by atomic mass is 9.66. The topological polar surface area (TPSA) is 24.4 Å². The van der Waals surface area contributed by atoms with Crippen LogP contribution in [0.15, 0.2) is 23.2 Å².